The summed E-state index contributed by atoms with van der Waals surface area (Å²) in [5, 5.41) is 9.39. The number of ether oxygens (including phenoxy) is 1. The van der Waals surface area contributed by atoms with Crippen LogP contribution in [0.15, 0.2) is 36.2 Å². The maximum absolute atomic E-state index is 9.39. The van der Waals surface area contributed by atoms with Crippen LogP contribution in [0.3, 0.4) is 0 Å². The molecule has 2 unspecified atom stereocenters. The van der Waals surface area contributed by atoms with Crippen molar-refractivity contribution in [2.75, 3.05) is 0 Å². The Morgan fingerprint density at radius 3 is 3.07 bits per heavy atom. The molecule has 1 aromatic rings. The SMILES string of the molecule is CC1=CC(O)OC(c2cccnc2)C1. The maximum Gasteiger partial charge on any atom is 0.175 e. The Morgan fingerprint density at radius 1 is 1.57 bits per heavy atom. The van der Waals surface area contributed by atoms with Gasteiger partial charge in [-0.25, -0.2) is 0 Å². The molecule has 0 bridgehead atoms. The molecule has 0 saturated carbocycles. The molecular weight excluding hydrogens is 178 g/mol. The summed E-state index contributed by atoms with van der Waals surface area (Å²) < 4.78 is 5.38. The Kier molecular flexibility index (Phi) is 2.61. The lowest BCUT2D eigenvalue weighted by molar-refractivity contribution is -0.115. The van der Waals surface area contributed by atoms with E-state index in [4.69, 9.17) is 4.74 Å². The van der Waals surface area contributed by atoms with E-state index < -0.39 is 6.29 Å². The number of hydrogen-bond acceptors (Lipinski definition) is 3. The summed E-state index contributed by atoms with van der Waals surface area (Å²) in [5.41, 5.74) is 2.16. The molecular formula is C11H13NO2. The third-order valence-electron chi connectivity index (χ3n) is 2.29. The van der Waals surface area contributed by atoms with Crippen molar-refractivity contribution in [1.82, 2.24) is 4.98 Å². The minimum absolute atomic E-state index is 0.0660. The van der Waals surface area contributed by atoms with Crippen LogP contribution in [0.4, 0.5) is 0 Å². The normalized spacial score (nSPS) is 27.1. The summed E-state index contributed by atoms with van der Waals surface area (Å²) in [7, 11) is 0. The lowest BCUT2D eigenvalue weighted by atomic mass is 10.0. The highest BCUT2D eigenvalue weighted by Gasteiger charge is 2.20. The van der Waals surface area contributed by atoms with Crippen LogP contribution in [0, 0.1) is 0 Å². The highest BCUT2D eigenvalue weighted by molar-refractivity contribution is 5.17. The molecule has 0 saturated heterocycles. The van der Waals surface area contributed by atoms with E-state index in [2.05, 4.69) is 4.98 Å². The summed E-state index contributed by atoms with van der Waals surface area (Å²) in [6.07, 6.45) is 5.20. The van der Waals surface area contributed by atoms with Crippen molar-refractivity contribution in [3.05, 3.63) is 41.7 Å². The third-order valence-corrected chi connectivity index (χ3v) is 2.29. The minimum Gasteiger partial charge on any atom is -0.365 e. The topological polar surface area (TPSA) is 42.4 Å². The molecule has 0 aromatic carbocycles. The number of aliphatic hydroxyl groups excluding tert-OH is 1. The molecule has 0 amide bonds. The van der Waals surface area contributed by atoms with Gasteiger partial charge < -0.3 is 9.84 Å². The molecule has 74 valence electrons. The first-order valence-electron chi connectivity index (χ1n) is 4.66. The van der Waals surface area contributed by atoms with E-state index in [-0.39, 0.29) is 6.10 Å². The van der Waals surface area contributed by atoms with Gasteiger partial charge >= 0.3 is 0 Å². The number of pyridine rings is 1. The zero-order chi connectivity index (χ0) is 9.97. The van der Waals surface area contributed by atoms with Gasteiger partial charge in [-0.2, -0.15) is 0 Å². The first-order chi connectivity index (χ1) is 6.75. The second-order valence-electron chi connectivity index (χ2n) is 3.52. The molecule has 1 N–H and O–H groups in total. The number of aliphatic hydroxyl groups is 1. The smallest absolute Gasteiger partial charge is 0.175 e. The Bertz CT molecular complexity index is 334. The van der Waals surface area contributed by atoms with Crippen molar-refractivity contribution in [1.29, 1.82) is 0 Å². The summed E-state index contributed by atoms with van der Waals surface area (Å²) >= 11 is 0. The third kappa shape index (κ3) is 2.00. The van der Waals surface area contributed by atoms with E-state index >= 15 is 0 Å². The first kappa shape index (κ1) is 9.37. The average molecular weight is 191 g/mol. The zero-order valence-corrected chi connectivity index (χ0v) is 8.05. The summed E-state index contributed by atoms with van der Waals surface area (Å²) in [5.74, 6) is 0. The first-order valence-corrected chi connectivity index (χ1v) is 4.66. The molecule has 1 aromatic heterocycles. The second-order valence-corrected chi connectivity index (χ2v) is 3.52. The van der Waals surface area contributed by atoms with Gasteiger partial charge in [-0.1, -0.05) is 11.6 Å². The molecule has 14 heavy (non-hydrogen) atoms. The monoisotopic (exact) mass is 191 g/mol. The van der Waals surface area contributed by atoms with Gasteiger partial charge in [-0.3, -0.25) is 4.98 Å². The van der Waals surface area contributed by atoms with E-state index in [9.17, 15) is 5.11 Å². The maximum atomic E-state index is 9.39. The molecule has 1 aliphatic heterocycles. The fraction of sp³-hybridized carbons (Fsp3) is 0.364. The predicted octanol–water partition coefficient (Wildman–Crippen LogP) is 1.81. The van der Waals surface area contributed by atoms with Crippen LogP contribution in [-0.4, -0.2) is 16.4 Å². The fourth-order valence-electron chi connectivity index (χ4n) is 1.62. The molecule has 0 spiro atoms. The van der Waals surface area contributed by atoms with Gasteiger partial charge in [0.05, 0.1) is 6.10 Å². The highest BCUT2D eigenvalue weighted by Crippen LogP contribution is 2.29. The average Bonchev–Trinajstić information content (AvgIpc) is 2.18. The van der Waals surface area contributed by atoms with E-state index in [1.165, 1.54) is 0 Å². The standard InChI is InChI=1S/C11H13NO2/c1-8-5-10(14-11(13)6-8)9-3-2-4-12-7-9/h2-4,6-7,10-11,13H,5H2,1H3. The molecule has 3 nitrogen and oxygen atoms in total. The van der Waals surface area contributed by atoms with Gasteiger partial charge in [0.1, 0.15) is 0 Å². The lowest BCUT2D eigenvalue weighted by Gasteiger charge is -2.25. The van der Waals surface area contributed by atoms with E-state index in [1.54, 1.807) is 18.5 Å². The Balaban J connectivity index is 2.18. The fourth-order valence-corrected chi connectivity index (χ4v) is 1.62. The molecule has 2 rings (SSSR count). The quantitative estimate of drug-likeness (QED) is 0.688. The van der Waals surface area contributed by atoms with Crippen LogP contribution < -0.4 is 0 Å². The summed E-state index contributed by atoms with van der Waals surface area (Å²) in [4.78, 5) is 4.03. The van der Waals surface area contributed by atoms with Crippen molar-refractivity contribution in [2.45, 2.75) is 25.7 Å². The van der Waals surface area contributed by atoms with E-state index in [0.717, 1.165) is 17.6 Å². The number of nitrogens with zero attached hydrogens (tertiary/aromatic N) is 1. The van der Waals surface area contributed by atoms with Crippen molar-refractivity contribution in [2.24, 2.45) is 0 Å². The van der Waals surface area contributed by atoms with Crippen molar-refractivity contribution < 1.29 is 9.84 Å². The minimum atomic E-state index is -0.783. The highest BCUT2D eigenvalue weighted by atomic mass is 16.6. The van der Waals surface area contributed by atoms with Gasteiger partial charge in [0.25, 0.3) is 0 Å². The van der Waals surface area contributed by atoms with Gasteiger partial charge in [-0.05, 0) is 31.1 Å². The number of rotatable bonds is 1. The van der Waals surface area contributed by atoms with Gasteiger partial charge in [0, 0.05) is 12.4 Å². The van der Waals surface area contributed by atoms with Gasteiger partial charge in [-0.15, -0.1) is 0 Å². The van der Waals surface area contributed by atoms with Crippen LogP contribution in [0.5, 0.6) is 0 Å². The molecule has 2 atom stereocenters. The Labute approximate surface area is 83.1 Å². The zero-order valence-electron chi connectivity index (χ0n) is 8.05. The number of aromatic nitrogens is 1. The largest absolute Gasteiger partial charge is 0.365 e. The Hall–Kier alpha value is -1.19. The van der Waals surface area contributed by atoms with E-state index in [1.807, 2.05) is 19.1 Å². The molecule has 3 heteroatoms. The second kappa shape index (κ2) is 3.90. The predicted molar refractivity (Wildman–Crippen MR) is 52.4 cm³/mol. The van der Waals surface area contributed by atoms with Gasteiger partial charge in [0.2, 0.25) is 0 Å². The molecule has 0 fully saturated rings. The van der Waals surface area contributed by atoms with E-state index in [0.29, 0.717) is 0 Å². The lowest BCUT2D eigenvalue weighted by Crippen LogP contribution is -2.19. The van der Waals surface area contributed by atoms with Crippen LogP contribution in [0.2, 0.25) is 0 Å². The van der Waals surface area contributed by atoms with Crippen LogP contribution in [0.1, 0.15) is 25.0 Å². The molecule has 0 radical (unpaired) electrons. The van der Waals surface area contributed by atoms with Crippen LogP contribution in [0.25, 0.3) is 0 Å². The Morgan fingerprint density at radius 2 is 2.43 bits per heavy atom. The van der Waals surface area contributed by atoms with Gasteiger partial charge in [0.15, 0.2) is 6.29 Å². The van der Waals surface area contributed by atoms with Crippen LogP contribution in [-0.2, 0) is 4.74 Å². The summed E-state index contributed by atoms with van der Waals surface area (Å²) in [6, 6.07) is 3.84. The summed E-state index contributed by atoms with van der Waals surface area (Å²) in [6.45, 7) is 2.00. The van der Waals surface area contributed by atoms with Crippen molar-refractivity contribution >= 4 is 0 Å². The van der Waals surface area contributed by atoms with Crippen molar-refractivity contribution in [3.63, 3.8) is 0 Å². The molecule has 1 aliphatic rings. The van der Waals surface area contributed by atoms with Crippen molar-refractivity contribution in [3.8, 4) is 0 Å². The van der Waals surface area contributed by atoms with Crippen LogP contribution >= 0.6 is 0 Å². The molecule has 2 heterocycles. The number of hydrogen-bond donors (Lipinski definition) is 1. The molecule has 0 aliphatic carbocycles.